The summed E-state index contributed by atoms with van der Waals surface area (Å²) >= 11 is 6.13. The zero-order chi connectivity index (χ0) is 15.8. The van der Waals surface area contributed by atoms with Crippen molar-refractivity contribution < 1.29 is 19.1 Å². The molecule has 0 aliphatic heterocycles. The topological polar surface area (TPSA) is 103 Å². The molecule has 0 atom stereocenters. The molecule has 0 radical (unpaired) electrons. The largest absolute Gasteiger partial charge is 0.493 e. The summed E-state index contributed by atoms with van der Waals surface area (Å²) in [5, 5.41) is 5.37. The van der Waals surface area contributed by atoms with Gasteiger partial charge in [-0.2, -0.15) is 0 Å². The maximum Gasteiger partial charge on any atom is 0.318 e. The number of halogens is 1. The summed E-state index contributed by atoms with van der Waals surface area (Å²) in [6.07, 6.45) is 0. The fourth-order valence-electron chi connectivity index (χ4n) is 1.60. The van der Waals surface area contributed by atoms with E-state index in [-0.39, 0.29) is 5.75 Å². The standard InChI is InChI=1S/C13H18ClN3O4/c1-3-16-6-8-4-9(14)12(10(5-8)20-2)21-7-11(18)17-13(15)19/h4-5,16H,3,6-7H2,1-2H3,(H3,15,17,18,19). The number of nitrogens with two attached hydrogens (primary N) is 1. The zero-order valence-corrected chi connectivity index (χ0v) is 12.6. The van der Waals surface area contributed by atoms with Crippen molar-refractivity contribution in [2.45, 2.75) is 13.5 Å². The van der Waals surface area contributed by atoms with Crippen LogP contribution in [0.15, 0.2) is 12.1 Å². The molecule has 0 saturated heterocycles. The summed E-state index contributed by atoms with van der Waals surface area (Å²) in [5.41, 5.74) is 5.75. The van der Waals surface area contributed by atoms with E-state index in [0.717, 1.165) is 12.1 Å². The number of benzene rings is 1. The van der Waals surface area contributed by atoms with Gasteiger partial charge in [0.15, 0.2) is 18.1 Å². The smallest absolute Gasteiger partial charge is 0.318 e. The van der Waals surface area contributed by atoms with Gasteiger partial charge in [0, 0.05) is 6.54 Å². The number of primary amides is 1. The Kier molecular flexibility index (Phi) is 6.77. The van der Waals surface area contributed by atoms with Crippen LogP contribution in [0.2, 0.25) is 5.02 Å². The van der Waals surface area contributed by atoms with Crippen molar-refractivity contribution in [2.24, 2.45) is 5.73 Å². The highest BCUT2D eigenvalue weighted by molar-refractivity contribution is 6.32. The number of amides is 3. The molecule has 0 bridgehead atoms. The highest BCUT2D eigenvalue weighted by atomic mass is 35.5. The summed E-state index contributed by atoms with van der Waals surface area (Å²) in [4.78, 5) is 21.8. The first-order valence-corrected chi connectivity index (χ1v) is 6.65. The van der Waals surface area contributed by atoms with Gasteiger partial charge in [-0.05, 0) is 24.2 Å². The molecule has 0 aliphatic carbocycles. The third-order valence-corrected chi connectivity index (χ3v) is 2.76. The molecule has 0 saturated carbocycles. The van der Waals surface area contributed by atoms with Crippen LogP contribution in [-0.4, -0.2) is 32.2 Å². The summed E-state index contributed by atoms with van der Waals surface area (Å²) < 4.78 is 10.5. The number of hydrogen-bond donors (Lipinski definition) is 3. The Bertz CT molecular complexity index is 522. The van der Waals surface area contributed by atoms with Crippen molar-refractivity contribution >= 4 is 23.5 Å². The highest BCUT2D eigenvalue weighted by Crippen LogP contribution is 2.36. The minimum absolute atomic E-state index is 0.235. The fraction of sp³-hybridized carbons (Fsp3) is 0.385. The molecule has 1 rings (SSSR count). The van der Waals surface area contributed by atoms with Gasteiger partial charge < -0.3 is 20.5 Å². The SMILES string of the molecule is CCNCc1cc(Cl)c(OCC(=O)NC(N)=O)c(OC)c1. The first-order chi connectivity index (χ1) is 9.97. The van der Waals surface area contributed by atoms with Gasteiger partial charge in [0.1, 0.15) is 0 Å². The molecule has 3 amide bonds. The highest BCUT2D eigenvalue weighted by Gasteiger charge is 2.14. The van der Waals surface area contributed by atoms with E-state index in [1.54, 1.807) is 12.1 Å². The number of ether oxygens (including phenoxy) is 2. The van der Waals surface area contributed by atoms with Crippen LogP contribution >= 0.6 is 11.6 Å². The second-order valence-electron chi connectivity index (χ2n) is 4.09. The number of imide groups is 1. The molecule has 7 nitrogen and oxygen atoms in total. The van der Waals surface area contributed by atoms with Gasteiger partial charge in [-0.15, -0.1) is 0 Å². The number of nitrogens with one attached hydrogen (secondary N) is 2. The lowest BCUT2D eigenvalue weighted by atomic mass is 10.2. The monoisotopic (exact) mass is 315 g/mol. The normalized spacial score (nSPS) is 10.0. The van der Waals surface area contributed by atoms with E-state index in [1.165, 1.54) is 7.11 Å². The Labute approximate surface area is 127 Å². The molecule has 21 heavy (non-hydrogen) atoms. The lowest BCUT2D eigenvalue weighted by molar-refractivity contribution is -0.121. The molecule has 4 N–H and O–H groups in total. The molecule has 116 valence electrons. The van der Waals surface area contributed by atoms with E-state index in [4.69, 9.17) is 26.8 Å². The molecule has 0 spiro atoms. The number of carbonyl (C=O) groups excluding carboxylic acids is 2. The second-order valence-corrected chi connectivity index (χ2v) is 4.50. The van der Waals surface area contributed by atoms with Crippen LogP contribution in [-0.2, 0) is 11.3 Å². The number of methoxy groups -OCH3 is 1. The molecule has 0 unspecified atom stereocenters. The quantitative estimate of drug-likeness (QED) is 0.697. The minimum atomic E-state index is -0.942. The number of urea groups is 1. The summed E-state index contributed by atoms with van der Waals surface area (Å²) in [5.74, 6) is -0.0290. The number of rotatable bonds is 7. The Morgan fingerprint density at radius 3 is 2.67 bits per heavy atom. The second kappa shape index (κ2) is 8.33. The van der Waals surface area contributed by atoms with E-state index in [2.05, 4.69) is 5.32 Å². The molecular weight excluding hydrogens is 298 g/mol. The van der Waals surface area contributed by atoms with Crippen LogP contribution in [0.5, 0.6) is 11.5 Å². The van der Waals surface area contributed by atoms with Gasteiger partial charge in [-0.25, -0.2) is 4.79 Å². The molecule has 1 aromatic rings. The van der Waals surface area contributed by atoms with E-state index >= 15 is 0 Å². The molecule has 0 fully saturated rings. The third-order valence-electron chi connectivity index (χ3n) is 2.48. The Balaban J connectivity index is 2.81. The maximum atomic E-state index is 11.3. The summed E-state index contributed by atoms with van der Waals surface area (Å²) in [6.45, 7) is 3.06. The van der Waals surface area contributed by atoms with Crippen LogP contribution < -0.4 is 25.8 Å². The number of carbonyl (C=O) groups is 2. The Hall–Kier alpha value is -1.99. The van der Waals surface area contributed by atoms with Gasteiger partial charge >= 0.3 is 6.03 Å². The number of hydrogen-bond acceptors (Lipinski definition) is 5. The average molecular weight is 316 g/mol. The first-order valence-electron chi connectivity index (χ1n) is 6.27. The fourth-order valence-corrected chi connectivity index (χ4v) is 1.88. The van der Waals surface area contributed by atoms with Crippen molar-refractivity contribution in [1.82, 2.24) is 10.6 Å². The van der Waals surface area contributed by atoms with Gasteiger partial charge in [0.05, 0.1) is 12.1 Å². The van der Waals surface area contributed by atoms with Crippen molar-refractivity contribution in [3.63, 3.8) is 0 Å². The molecule has 0 aliphatic rings. The van der Waals surface area contributed by atoms with E-state index in [9.17, 15) is 9.59 Å². The van der Waals surface area contributed by atoms with Crippen molar-refractivity contribution in [1.29, 1.82) is 0 Å². The lowest BCUT2D eigenvalue weighted by Crippen LogP contribution is -2.38. The van der Waals surface area contributed by atoms with Crippen molar-refractivity contribution in [3.8, 4) is 11.5 Å². The maximum absolute atomic E-state index is 11.3. The van der Waals surface area contributed by atoms with E-state index in [0.29, 0.717) is 17.3 Å². The van der Waals surface area contributed by atoms with Crippen LogP contribution in [0.1, 0.15) is 12.5 Å². The van der Waals surface area contributed by atoms with Gasteiger partial charge in [0.25, 0.3) is 5.91 Å². The summed E-state index contributed by atoms with van der Waals surface area (Å²) in [7, 11) is 1.47. The first kappa shape index (κ1) is 17.1. The van der Waals surface area contributed by atoms with Crippen LogP contribution in [0, 0.1) is 0 Å². The van der Waals surface area contributed by atoms with Crippen LogP contribution in [0.4, 0.5) is 4.79 Å². The predicted molar refractivity (Wildman–Crippen MR) is 78.6 cm³/mol. The van der Waals surface area contributed by atoms with Crippen LogP contribution in [0.25, 0.3) is 0 Å². The third kappa shape index (κ3) is 5.49. The Morgan fingerprint density at radius 1 is 1.38 bits per heavy atom. The minimum Gasteiger partial charge on any atom is -0.493 e. The van der Waals surface area contributed by atoms with Crippen molar-refractivity contribution in [2.75, 3.05) is 20.3 Å². The average Bonchev–Trinajstić information content (AvgIpc) is 2.42. The van der Waals surface area contributed by atoms with E-state index in [1.807, 2.05) is 12.2 Å². The van der Waals surface area contributed by atoms with Gasteiger partial charge in [-0.1, -0.05) is 18.5 Å². The Morgan fingerprint density at radius 2 is 2.10 bits per heavy atom. The van der Waals surface area contributed by atoms with Crippen LogP contribution in [0.3, 0.4) is 0 Å². The molecule has 1 aromatic carbocycles. The van der Waals surface area contributed by atoms with Crippen molar-refractivity contribution in [3.05, 3.63) is 22.7 Å². The molecule has 0 aromatic heterocycles. The predicted octanol–water partition coefficient (Wildman–Crippen LogP) is 1.03. The summed E-state index contributed by atoms with van der Waals surface area (Å²) in [6, 6.07) is 2.53. The lowest BCUT2D eigenvalue weighted by Gasteiger charge is -2.14. The molecule has 8 heteroatoms. The van der Waals surface area contributed by atoms with E-state index < -0.39 is 18.5 Å². The van der Waals surface area contributed by atoms with Gasteiger partial charge in [-0.3, -0.25) is 10.1 Å². The molecule has 0 heterocycles. The molecular formula is C13H18ClN3O4. The zero-order valence-electron chi connectivity index (χ0n) is 11.9. The van der Waals surface area contributed by atoms with Gasteiger partial charge in [0.2, 0.25) is 0 Å².